The molecule has 31 heavy (non-hydrogen) atoms. The van der Waals surface area contributed by atoms with E-state index in [1.54, 1.807) is 29.9 Å². The summed E-state index contributed by atoms with van der Waals surface area (Å²) in [6.45, 7) is 8.20. The molecule has 3 rings (SSSR count). The van der Waals surface area contributed by atoms with E-state index in [9.17, 15) is 9.50 Å². The summed E-state index contributed by atoms with van der Waals surface area (Å²) in [7, 11) is 1.81. The SMILES string of the molecule is CCC(O)CN(Cc1c(-c2ccccc2)nn(C)c1Oc1ccccc1F)CC(C)C. The summed E-state index contributed by atoms with van der Waals surface area (Å²) in [5.41, 5.74) is 2.65. The first-order valence-electron chi connectivity index (χ1n) is 10.8. The van der Waals surface area contributed by atoms with Gasteiger partial charge in [0.25, 0.3) is 0 Å². The maximum atomic E-state index is 14.3. The van der Waals surface area contributed by atoms with Gasteiger partial charge in [-0.15, -0.1) is 0 Å². The van der Waals surface area contributed by atoms with Gasteiger partial charge in [0.2, 0.25) is 5.88 Å². The molecule has 0 fully saturated rings. The van der Waals surface area contributed by atoms with Gasteiger partial charge in [-0.25, -0.2) is 9.07 Å². The van der Waals surface area contributed by atoms with E-state index in [0.29, 0.717) is 31.3 Å². The first-order valence-corrected chi connectivity index (χ1v) is 10.8. The third-order valence-corrected chi connectivity index (χ3v) is 5.12. The van der Waals surface area contributed by atoms with Crippen LogP contribution >= 0.6 is 0 Å². The van der Waals surface area contributed by atoms with Crippen LogP contribution in [0.15, 0.2) is 54.6 Å². The van der Waals surface area contributed by atoms with Gasteiger partial charge in [0.1, 0.15) is 5.69 Å². The summed E-state index contributed by atoms with van der Waals surface area (Å²) < 4.78 is 22.0. The minimum atomic E-state index is -0.420. The average molecular weight is 426 g/mol. The van der Waals surface area contributed by atoms with Crippen molar-refractivity contribution in [3.8, 4) is 22.9 Å². The fraction of sp³-hybridized carbons (Fsp3) is 0.400. The number of hydrogen-bond acceptors (Lipinski definition) is 4. The van der Waals surface area contributed by atoms with Crippen molar-refractivity contribution in [1.82, 2.24) is 14.7 Å². The Morgan fingerprint density at radius 1 is 1.06 bits per heavy atom. The standard InChI is InChI=1S/C25H32FN3O2/c1-5-20(30)16-29(15-18(2)3)17-21-24(19-11-7-6-8-12-19)27-28(4)25(21)31-23-14-10-9-13-22(23)26/h6-14,18,20,30H,5,15-17H2,1-4H3. The second kappa shape index (κ2) is 10.6. The van der Waals surface area contributed by atoms with Crippen molar-refractivity contribution >= 4 is 0 Å². The third-order valence-electron chi connectivity index (χ3n) is 5.12. The van der Waals surface area contributed by atoms with Crippen molar-refractivity contribution in [3.05, 3.63) is 66.0 Å². The summed E-state index contributed by atoms with van der Waals surface area (Å²) in [6.07, 6.45) is 0.276. The molecule has 0 amide bonds. The maximum absolute atomic E-state index is 14.3. The molecule has 0 radical (unpaired) electrons. The van der Waals surface area contributed by atoms with Crippen LogP contribution in [-0.2, 0) is 13.6 Å². The van der Waals surface area contributed by atoms with Crippen molar-refractivity contribution in [1.29, 1.82) is 0 Å². The van der Waals surface area contributed by atoms with Crippen LogP contribution in [0.3, 0.4) is 0 Å². The molecular weight excluding hydrogens is 393 g/mol. The molecule has 0 saturated carbocycles. The number of aromatic nitrogens is 2. The smallest absolute Gasteiger partial charge is 0.222 e. The Morgan fingerprint density at radius 3 is 2.39 bits per heavy atom. The number of ether oxygens (including phenoxy) is 1. The van der Waals surface area contributed by atoms with Gasteiger partial charge in [-0.2, -0.15) is 5.10 Å². The zero-order valence-electron chi connectivity index (χ0n) is 18.8. The molecule has 0 bridgehead atoms. The second-order valence-electron chi connectivity index (χ2n) is 8.30. The van der Waals surface area contributed by atoms with E-state index in [0.717, 1.165) is 23.4 Å². The Hall–Kier alpha value is -2.70. The summed E-state index contributed by atoms with van der Waals surface area (Å²) >= 11 is 0. The van der Waals surface area contributed by atoms with Crippen molar-refractivity contribution in [3.63, 3.8) is 0 Å². The Balaban J connectivity index is 2.04. The Morgan fingerprint density at radius 2 is 1.74 bits per heavy atom. The van der Waals surface area contributed by atoms with Crippen molar-refractivity contribution in [2.24, 2.45) is 13.0 Å². The van der Waals surface area contributed by atoms with Gasteiger partial charge < -0.3 is 9.84 Å². The highest BCUT2D eigenvalue weighted by Gasteiger charge is 2.24. The summed E-state index contributed by atoms with van der Waals surface area (Å²) in [4.78, 5) is 2.22. The molecule has 1 atom stereocenters. The number of rotatable bonds is 10. The topological polar surface area (TPSA) is 50.5 Å². The molecule has 0 saturated heterocycles. The molecule has 5 nitrogen and oxygen atoms in total. The summed E-state index contributed by atoms with van der Waals surface area (Å²) in [6, 6.07) is 16.3. The Kier molecular flexibility index (Phi) is 7.82. The number of aliphatic hydroxyl groups is 1. The quantitative estimate of drug-likeness (QED) is 0.482. The fourth-order valence-corrected chi connectivity index (χ4v) is 3.65. The fourth-order valence-electron chi connectivity index (χ4n) is 3.65. The monoisotopic (exact) mass is 425 g/mol. The molecule has 0 aliphatic rings. The maximum Gasteiger partial charge on any atom is 0.222 e. The highest BCUT2D eigenvalue weighted by Crippen LogP contribution is 2.35. The van der Waals surface area contributed by atoms with E-state index >= 15 is 0 Å². The molecule has 166 valence electrons. The number of halogens is 1. The lowest BCUT2D eigenvalue weighted by Crippen LogP contribution is -2.34. The van der Waals surface area contributed by atoms with Gasteiger partial charge in [0.15, 0.2) is 11.6 Å². The number of aryl methyl sites for hydroxylation is 1. The van der Waals surface area contributed by atoms with Crippen molar-refractivity contribution in [2.45, 2.75) is 39.8 Å². The van der Waals surface area contributed by atoms with E-state index in [1.807, 2.05) is 37.3 Å². The highest BCUT2D eigenvalue weighted by molar-refractivity contribution is 5.65. The summed E-state index contributed by atoms with van der Waals surface area (Å²) in [5, 5.41) is 15.0. The third kappa shape index (κ3) is 5.93. The average Bonchev–Trinajstić information content (AvgIpc) is 3.05. The molecule has 1 heterocycles. The molecule has 6 heteroatoms. The molecular formula is C25H32FN3O2. The summed E-state index contributed by atoms with van der Waals surface area (Å²) in [5.74, 6) is 0.673. The van der Waals surface area contributed by atoms with Crippen molar-refractivity contribution < 1.29 is 14.2 Å². The van der Waals surface area contributed by atoms with Crippen LogP contribution in [0.4, 0.5) is 4.39 Å². The van der Waals surface area contributed by atoms with Crippen LogP contribution in [0, 0.1) is 11.7 Å². The zero-order valence-corrected chi connectivity index (χ0v) is 18.8. The van der Waals surface area contributed by atoms with E-state index in [2.05, 4.69) is 18.7 Å². The minimum absolute atomic E-state index is 0.162. The molecule has 0 aliphatic heterocycles. The van der Waals surface area contributed by atoms with Gasteiger partial charge in [-0.05, 0) is 24.5 Å². The Bertz CT molecular complexity index is 972. The number of para-hydroxylation sites is 1. The van der Waals surface area contributed by atoms with Crippen LogP contribution in [0.1, 0.15) is 32.8 Å². The molecule has 1 unspecified atom stereocenters. The molecule has 0 aliphatic carbocycles. The lowest BCUT2D eigenvalue weighted by atomic mass is 10.1. The lowest BCUT2D eigenvalue weighted by Gasteiger charge is -2.26. The Labute approximate surface area is 184 Å². The minimum Gasteiger partial charge on any atom is -0.436 e. The van der Waals surface area contributed by atoms with Gasteiger partial charge in [-0.1, -0.05) is 63.2 Å². The molecule has 1 N–H and O–H groups in total. The van der Waals surface area contributed by atoms with Crippen LogP contribution in [0.25, 0.3) is 11.3 Å². The first kappa shape index (κ1) is 23.0. The number of nitrogens with zero attached hydrogens (tertiary/aromatic N) is 3. The predicted molar refractivity (Wildman–Crippen MR) is 122 cm³/mol. The largest absolute Gasteiger partial charge is 0.436 e. The molecule has 3 aromatic rings. The van der Waals surface area contributed by atoms with Crippen LogP contribution < -0.4 is 4.74 Å². The van der Waals surface area contributed by atoms with Crippen LogP contribution in [-0.4, -0.2) is 39.0 Å². The number of hydrogen-bond donors (Lipinski definition) is 1. The second-order valence-corrected chi connectivity index (χ2v) is 8.30. The molecule has 0 spiro atoms. The normalized spacial score (nSPS) is 12.5. The van der Waals surface area contributed by atoms with Crippen LogP contribution in [0.2, 0.25) is 0 Å². The van der Waals surface area contributed by atoms with E-state index in [1.165, 1.54) is 6.07 Å². The van der Waals surface area contributed by atoms with Gasteiger partial charge in [-0.3, -0.25) is 4.90 Å². The number of benzene rings is 2. The highest BCUT2D eigenvalue weighted by atomic mass is 19.1. The van der Waals surface area contributed by atoms with Gasteiger partial charge in [0.05, 0.1) is 11.7 Å². The van der Waals surface area contributed by atoms with Crippen molar-refractivity contribution in [2.75, 3.05) is 13.1 Å². The van der Waals surface area contributed by atoms with E-state index in [4.69, 9.17) is 9.84 Å². The zero-order chi connectivity index (χ0) is 22.4. The molecule has 2 aromatic carbocycles. The predicted octanol–water partition coefficient (Wildman–Crippen LogP) is 5.25. The van der Waals surface area contributed by atoms with E-state index in [-0.39, 0.29) is 5.75 Å². The number of aliphatic hydroxyl groups excluding tert-OH is 1. The van der Waals surface area contributed by atoms with Gasteiger partial charge >= 0.3 is 0 Å². The van der Waals surface area contributed by atoms with Crippen LogP contribution in [0.5, 0.6) is 11.6 Å². The lowest BCUT2D eigenvalue weighted by molar-refractivity contribution is 0.0982. The van der Waals surface area contributed by atoms with E-state index < -0.39 is 11.9 Å². The van der Waals surface area contributed by atoms with Gasteiger partial charge in [0, 0.05) is 32.2 Å². The molecule has 1 aromatic heterocycles. The first-order chi connectivity index (χ1) is 14.9.